The van der Waals surface area contributed by atoms with Gasteiger partial charge in [-0.1, -0.05) is 0 Å². The fourth-order valence-corrected chi connectivity index (χ4v) is 1.56. The standard InChI is InChI=1S/C9H15N3O3/c1-12-8(10-6-11-12)4-7(13)5-9-14-2-3-15-9/h6-7,9,13H,2-5H2,1H3. The van der Waals surface area contributed by atoms with Gasteiger partial charge in [-0.2, -0.15) is 5.10 Å². The predicted octanol–water partition coefficient (Wildman–Crippen LogP) is -0.519. The molecule has 2 rings (SSSR count). The Hall–Kier alpha value is -0.980. The lowest BCUT2D eigenvalue weighted by Gasteiger charge is -2.13. The lowest BCUT2D eigenvalue weighted by Crippen LogP contribution is -2.21. The zero-order chi connectivity index (χ0) is 10.7. The summed E-state index contributed by atoms with van der Waals surface area (Å²) in [6.07, 6.45) is 1.65. The van der Waals surface area contributed by atoms with E-state index < -0.39 is 6.10 Å². The molecule has 1 aromatic rings. The molecule has 1 fully saturated rings. The van der Waals surface area contributed by atoms with Gasteiger partial charge in [0.05, 0.1) is 19.3 Å². The fourth-order valence-electron chi connectivity index (χ4n) is 1.56. The summed E-state index contributed by atoms with van der Waals surface area (Å²) in [5, 5.41) is 13.7. The van der Waals surface area contributed by atoms with Crippen LogP contribution in [-0.2, 0) is 22.9 Å². The number of aliphatic hydroxyl groups is 1. The van der Waals surface area contributed by atoms with Crippen LogP contribution < -0.4 is 0 Å². The highest BCUT2D eigenvalue weighted by Crippen LogP contribution is 2.12. The van der Waals surface area contributed by atoms with Gasteiger partial charge in [-0.15, -0.1) is 0 Å². The molecule has 2 heterocycles. The Morgan fingerprint density at radius 1 is 1.60 bits per heavy atom. The van der Waals surface area contributed by atoms with E-state index in [1.165, 1.54) is 6.33 Å². The van der Waals surface area contributed by atoms with Crippen molar-refractivity contribution in [2.45, 2.75) is 25.2 Å². The van der Waals surface area contributed by atoms with Gasteiger partial charge in [0.2, 0.25) is 0 Å². The fraction of sp³-hybridized carbons (Fsp3) is 0.778. The second-order valence-electron chi connectivity index (χ2n) is 3.56. The minimum absolute atomic E-state index is 0.270. The van der Waals surface area contributed by atoms with E-state index in [0.29, 0.717) is 26.1 Å². The smallest absolute Gasteiger partial charge is 0.160 e. The first kappa shape index (κ1) is 10.5. The average Bonchev–Trinajstić information content (AvgIpc) is 2.79. The maximum absolute atomic E-state index is 9.76. The number of hydrogen-bond acceptors (Lipinski definition) is 5. The van der Waals surface area contributed by atoms with Gasteiger partial charge < -0.3 is 14.6 Å². The molecule has 15 heavy (non-hydrogen) atoms. The van der Waals surface area contributed by atoms with Gasteiger partial charge in [-0.3, -0.25) is 4.68 Å². The summed E-state index contributed by atoms with van der Waals surface area (Å²) in [5.74, 6) is 0.764. The lowest BCUT2D eigenvalue weighted by atomic mass is 10.2. The number of ether oxygens (including phenoxy) is 2. The van der Waals surface area contributed by atoms with Gasteiger partial charge in [0.15, 0.2) is 6.29 Å². The van der Waals surface area contributed by atoms with Crippen LogP contribution in [0.3, 0.4) is 0 Å². The molecule has 0 spiro atoms. The Labute approximate surface area is 87.8 Å². The number of rotatable bonds is 4. The van der Waals surface area contributed by atoms with Crippen LogP contribution in [0.1, 0.15) is 12.2 Å². The SMILES string of the molecule is Cn1ncnc1CC(O)CC1OCCO1. The maximum Gasteiger partial charge on any atom is 0.160 e. The van der Waals surface area contributed by atoms with E-state index in [4.69, 9.17) is 9.47 Å². The second kappa shape index (κ2) is 4.69. The molecule has 0 saturated carbocycles. The molecule has 1 aliphatic rings. The third kappa shape index (κ3) is 2.74. The van der Waals surface area contributed by atoms with E-state index in [0.717, 1.165) is 5.82 Å². The van der Waals surface area contributed by atoms with Gasteiger partial charge in [-0.05, 0) is 0 Å². The molecule has 1 unspecified atom stereocenters. The quantitative estimate of drug-likeness (QED) is 0.729. The largest absolute Gasteiger partial charge is 0.392 e. The third-order valence-electron chi connectivity index (χ3n) is 2.38. The van der Waals surface area contributed by atoms with Crippen LogP contribution in [0.5, 0.6) is 0 Å². The molecule has 0 bridgehead atoms. The molecular formula is C9H15N3O3. The minimum Gasteiger partial charge on any atom is -0.392 e. The number of nitrogens with zero attached hydrogens (tertiary/aromatic N) is 3. The summed E-state index contributed by atoms with van der Waals surface area (Å²) in [5.41, 5.74) is 0. The van der Waals surface area contributed by atoms with Gasteiger partial charge in [0.1, 0.15) is 12.2 Å². The maximum atomic E-state index is 9.76. The Balaban J connectivity index is 1.81. The van der Waals surface area contributed by atoms with E-state index >= 15 is 0 Å². The third-order valence-corrected chi connectivity index (χ3v) is 2.38. The van der Waals surface area contributed by atoms with Crippen molar-refractivity contribution in [2.75, 3.05) is 13.2 Å². The van der Waals surface area contributed by atoms with E-state index in [1.807, 2.05) is 0 Å². The van der Waals surface area contributed by atoms with Crippen molar-refractivity contribution in [2.24, 2.45) is 7.05 Å². The molecule has 1 saturated heterocycles. The van der Waals surface area contributed by atoms with Crippen molar-refractivity contribution in [1.82, 2.24) is 14.8 Å². The van der Waals surface area contributed by atoms with Crippen LogP contribution in [0.15, 0.2) is 6.33 Å². The second-order valence-corrected chi connectivity index (χ2v) is 3.56. The number of hydrogen-bond donors (Lipinski definition) is 1. The first-order valence-electron chi connectivity index (χ1n) is 5.00. The van der Waals surface area contributed by atoms with Crippen LogP contribution in [0.4, 0.5) is 0 Å². The van der Waals surface area contributed by atoms with Crippen LogP contribution >= 0.6 is 0 Å². The summed E-state index contributed by atoms with van der Waals surface area (Å²) in [6.45, 7) is 1.22. The number of aliphatic hydroxyl groups excluding tert-OH is 1. The van der Waals surface area contributed by atoms with Crippen LogP contribution in [-0.4, -0.2) is 45.5 Å². The summed E-state index contributed by atoms with van der Waals surface area (Å²) in [4.78, 5) is 4.04. The Bertz CT molecular complexity index is 309. The molecule has 0 radical (unpaired) electrons. The highest BCUT2D eigenvalue weighted by molar-refractivity contribution is 4.86. The Morgan fingerprint density at radius 3 is 2.93 bits per heavy atom. The van der Waals surface area contributed by atoms with Crippen LogP contribution in [0.25, 0.3) is 0 Å². The van der Waals surface area contributed by atoms with E-state index in [2.05, 4.69) is 10.1 Å². The van der Waals surface area contributed by atoms with Gasteiger partial charge >= 0.3 is 0 Å². The predicted molar refractivity (Wildman–Crippen MR) is 51.0 cm³/mol. The monoisotopic (exact) mass is 213 g/mol. The van der Waals surface area contributed by atoms with Gasteiger partial charge in [-0.25, -0.2) is 4.98 Å². The van der Waals surface area contributed by atoms with Crippen molar-refractivity contribution in [1.29, 1.82) is 0 Å². The van der Waals surface area contributed by atoms with Crippen LogP contribution in [0, 0.1) is 0 Å². The minimum atomic E-state index is -0.504. The first-order chi connectivity index (χ1) is 7.25. The van der Waals surface area contributed by atoms with Crippen molar-refractivity contribution in [3.05, 3.63) is 12.2 Å². The zero-order valence-electron chi connectivity index (χ0n) is 8.67. The highest BCUT2D eigenvalue weighted by atomic mass is 16.7. The molecule has 84 valence electrons. The summed E-state index contributed by atoms with van der Waals surface area (Å²) < 4.78 is 12.1. The highest BCUT2D eigenvalue weighted by Gasteiger charge is 2.21. The van der Waals surface area contributed by atoms with Crippen LogP contribution in [0.2, 0.25) is 0 Å². The number of aromatic nitrogens is 3. The van der Waals surface area contributed by atoms with Crippen molar-refractivity contribution >= 4 is 0 Å². The Morgan fingerprint density at radius 2 is 2.33 bits per heavy atom. The van der Waals surface area contributed by atoms with Crippen molar-refractivity contribution in [3.63, 3.8) is 0 Å². The number of aryl methyl sites for hydroxylation is 1. The van der Waals surface area contributed by atoms with E-state index in [1.54, 1.807) is 11.7 Å². The lowest BCUT2D eigenvalue weighted by molar-refractivity contribution is -0.0701. The van der Waals surface area contributed by atoms with Gasteiger partial charge in [0.25, 0.3) is 0 Å². The topological polar surface area (TPSA) is 69.4 Å². The Kier molecular flexibility index (Phi) is 3.30. The van der Waals surface area contributed by atoms with Crippen molar-refractivity contribution in [3.8, 4) is 0 Å². The molecule has 1 aliphatic heterocycles. The normalized spacial score (nSPS) is 19.6. The van der Waals surface area contributed by atoms with E-state index in [9.17, 15) is 5.11 Å². The van der Waals surface area contributed by atoms with Crippen molar-refractivity contribution < 1.29 is 14.6 Å². The average molecular weight is 213 g/mol. The first-order valence-corrected chi connectivity index (χ1v) is 5.00. The summed E-state index contributed by atoms with van der Waals surface area (Å²) in [7, 11) is 1.80. The van der Waals surface area contributed by atoms with Gasteiger partial charge in [0, 0.05) is 19.9 Å². The molecule has 0 aliphatic carbocycles. The molecule has 0 amide bonds. The zero-order valence-corrected chi connectivity index (χ0v) is 8.67. The molecule has 1 N–H and O–H groups in total. The molecule has 1 atom stereocenters. The summed E-state index contributed by atoms with van der Waals surface area (Å²) in [6, 6.07) is 0. The molecule has 0 aromatic carbocycles. The van der Waals surface area contributed by atoms with E-state index in [-0.39, 0.29) is 6.29 Å². The molecule has 6 nitrogen and oxygen atoms in total. The molecule has 1 aromatic heterocycles. The summed E-state index contributed by atoms with van der Waals surface area (Å²) >= 11 is 0. The molecule has 6 heteroatoms. The molecular weight excluding hydrogens is 198 g/mol.